The van der Waals surface area contributed by atoms with Crippen LogP contribution in [0.25, 0.3) is 5.57 Å². The van der Waals surface area contributed by atoms with Gasteiger partial charge in [0.05, 0.1) is 0 Å². The van der Waals surface area contributed by atoms with Gasteiger partial charge >= 0.3 is 0 Å². The van der Waals surface area contributed by atoms with Gasteiger partial charge in [0.15, 0.2) is 0 Å². The van der Waals surface area contributed by atoms with Gasteiger partial charge in [-0.3, -0.25) is 0 Å². The normalized spacial score (nSPS) is 13.4. The maximum Gasteiger partial charge on any atom is 0.00416 e. The number of rotatable bonds is 4. The second-order valence-electron chi connectivity index (χ2n) is 4.78. The Morgan fingerprint density at radius 1 is 1.35 bits per heavy atom. The fraction of sp³-hybridized carbons (Fsp3) is 0.467. The van der Waals surface area contributed by atoms with Gasteiger partial charge in [0, 0.05) is 6.54 Å². The van der Waals surface area contributed by atoms with Crippen LogP contribution in [-0.2, 0) is 0 Å². The number of hydrogen-bond donors (Lipinski definition) is 0. The van der Waals surface area contributed by atoms with Crippen LogP contribution < -0.4 is 0 Å². The highest BCUT2D eigenvalue weighted by atomic mass is 35.5. The van der Waals surface area contributed by atoms with Gasteiger partial charge in [0.2, 0.25) is 0 Å². The molecule has 0 aromatic heterocycles. The molecule has 1 nitrogen and oxygen atoms in total. The van der Waals surface area contributed by atoms with E-state index >= 15 is 0 Å². The second-order valence-corrected chi connectivity index (χ2v) is 4.78. The van der Waals surface area contributed by atoms with Gasteiger partial charge < -0.3 is 4.90 Å². The highest BCUT2D eigenvalue weighted by molar-refractivity contribution is 5.85. The van der Waals surface area contributed by atoms with Crippen molar-refractivity contribution < 1.29 is 0 Å². The number of benzene rings is 1. The van der Waals surface area contributed by atoms with Gasteiger partial charge in [-0.25, -0.2) is 0 Å². The third-order valence-electron chi connectivity index (χ3n) is 2.83. The molecule has 0 fully saturated rings. The Bertz CT molecular complexity index is 369. The third-order valence-corrected chi connectivity index (χ3v) is 2.83. The molecule has 0 aliphatic carbocycles. The molecule has 0 spiro atoms. The van der Waals surface area contributed by atoms with Crippen molar-refractivity contribution in [1.29, 1.82) is 0 Å². The molecular formula is C15H24ClN. The van der Waals surface area contributed by atoms with Crippen LogP contribution in [0.3, 0.4) is 0 Å². The highest BCUT2D eigenvalue weighted by Gasteiger charge is 2.11. The molecule has 17 heavy (non-hydrogen) atoms. The van der Waals surface area contributed by atoms with Crippen LogP contribution in [0.1, 0.15) is 25.0 Å². The number of hydrogen-bond acceptors (Lipinski definition) is 1. The van der Waals surface area contributed by atoms with Gasteiger partial charge in [-0.1, -0.05) is 42.8 Å². The summed E-state index contributed by atoms with van der Waals surface area (Å²) in [6, 6.07) is 8.75. The molecule has 1 unspecified atom stereocenters. The monoisotopic (exact) mass is 253 g/mol. The molecule has 0 amide bonds. The second kappa shape index (κ2) is 7.52. The minimum Gasteiger partial charge on any atom is -0.309 e. The van der Waals surface area contributed by atoms with E-state index in [4.69, 9.17) is 0 Å². The Balaban J connectivity index is 0.00000256. The number of allylic oxidation sites excluding steroid dienone is 1. The quantitative estimate of drug-likeness (QED) is 0.784. The first-order valence-corrected chi connectivity index (χ1v) is 5.92. The summed E-state index contributed by atoms with van der Waals surface area (Å²) in [6.07, 6.45) is 2.24. The topological polar surface area (TPSA) is 3.24 Å². The predicted octanol–water partition coefficient (Wildman–Crippen LogP) is 4.02. The lowest BCUT2D eigenvalue weighted by Gasteiger charge is -2.20. The molecule has 0 saturated heterocycles. The van der Waals surface area contributed by atoms with Gasteiger partial charge in [-0.2, -0.15) is 0 Å². The molecule has 1 aromatic carbocycles. The van der Waals surface area contributed by atoms with Crippen molar-refractivity contribution in [2.45, 2.75) is 20.8 Å². The van der Waals surface area contributed by atoms with E-state index in [2.05, 4.69) is 70.1 Å². The SMILES string of the molecule is C/C=C(/c1cccc(C)c1)C(C)CN(C)C.Cl. The van der Waals surface area contributed by atoms with Crippen LogP contribution in [0.5, 0.6) is 0 Å². The maximum atomic E-state index is 2.29. The first-order valence-electron chi connectivity index (χ1n) is 5.92. The molecule has 0 heterocycles. The summed E-state index contributed by atoms with van der Waals surface area (Å²) in [5.41, 5.74) is 4.13. The van der Waals surface area contributed by atoms with E-state index in [-0.39, 0.29) is 12.4 Å². The van der Waals surface area contributed by atoms with Crippen LogP contribution in [0, 0.1) is 12.8 Å². The lowest BCUT2D eigenvalue weighted by atomic mass is 9.92. The zero-order valence-electron chi connectivity index (χ0n) is 11.5. The van der Waals surface area contributed by atoms with Crippen molar-refractivity contribution >= 4 is 18.0 Å². The average Bonchev–Trinajstić information content (AvgIpc) is 2.17. The van der Waals surface area contributed by atoms with E-state index in [1.165, 1.54) is 16.7 Å². The fourth-order valence-corrected chi connectivity index (χ4v) is 2.21. The molecule has 0 bridgehead atoms. The van der Waals surface area contributed by atoms with Gasteiger partial charge in [0.25, 0.3) is 0 Å². The Labute approximate surface area is 112 Å². The van der Waals surface area contributed by atoms with Crippen LogP contribution in [0.2, 0.25) is 0 Å². The third kappa shape index (κ3) is 4.93. The predicted molar refractivity (Wildman–Crippen MR) is 79.8 cm³/mol. The lowest BCUT2D eigenvalue weighted by molar-refractivity contribution is 0.376. The average molecular weight is 254 g/mol. The molecule has 2 heteroatoms. The Kier molecular flexibility index (Phi) is 7.17. The van der Waals surface area contributed by atoms with E-state index in [9.17, 15) is 0 Å². The Hall–Kier alpha value is -0.790. The number of nitrogens with zero attached hydrogens (tertiary/aromatic N) is 1. The van der Waals surface area contributed by atoms with E-state index in [1.807, 2.05) is 0 Å². The molecule has 0 aliphatic rings. The van der Waals surface area contributed by atoms with E-state index in [1.54, 1.807) is 0 Å². The standard InChI is InChI=1S/C15H23N.ClH/c1-6-15(13(3)11-16(4)5)14-9-7-8-12(2)10-14;/h6-10,13H,11H2,1-5H3;1H/b15-6+;. The van der Waals surface area contributed by atoms with Crippen molar-refractivity contribution in [3.63, 3.8) is 0 Å². The summed E-state index contributed by atoms with van der Waals surface area (Å²) in [6.45, 7) is 7.66. The highest BCUT2D eigenvalue weighted by Crippen LogP contribution is 2.24. The van der Waals surface area contributed by atoms with E-state index < -0.39 is 0 Å². The zero-order chi connectivity index (χ0) is 12.1. The molecule has 1 atom stereocenters. The summed E-state index contributed by atoms with van der Waals surface area (Å²) in [5.74, 6) is 0.571. The summed E-state index contributed by atoms with van der Waals surface area (Å²) >= 11 is 0. The van der Waals surface area contributed by atoms with Crippen LogP contribution in [-0.4, -0.2) is 25.5 Å². The molecule has 1 aromatic rings. The van der Waals surface area contributed by atoms with Gasteiger partial charge in [-0.15, -0.1) is 12.4 Å². The van der Waals surface area contributed by atoms with Gasteiger partial charge in [-0.05, 0) is 45.0 Å². The minimum atomic E-state index is 0. The summed E-state index contributed by atoms with van der Waals surface area (Å²) in [5, 5.41) is 0. The van der Waals surface area contributed by atoms with Crippen LogP contribution in [0.4, 0.5) is 0 Å². The van der Waals surface area contributed by atoms with Crippen LogP contribution in [0.15, 0.2) is 30.3 Å². The lowest BCUT2D eigenvalue weighted by Crippen LogP contribution is -2.20. The maximum absolute atomic E-state index is 2.29. The molecule has 1 rings (SSSR count). The first-order chi connectivity index (χ1) is 7.54. The summed E-state index contributed by atoms with van der Waals surface area (Å²) in [7, 11) is 4.25. The Morgan fingerprint density at radius 3 is 2.47 bits per heavy atom. The van der Waals surface area contributed by atoms with Crippen molar-refractivity contribution in [3.05, 3.63) is 41.5 Å². The van der Waals surface area contributed by atoms with E-state index in [0.717, 1.165) is 6.54 Å². The van der Waals surface area contributed by atoms with Crippen molar-refractivity contribution in [2.75, 3.05) is 20.6 Å². The molecular weight excluding hydrogens is 230 g/mol. The first kappa shape index (κ1) is 16.2. The molecule has 96 valence electrons. The van der Waals surface area contributed by atoms with Crippen molar-refractivity contribution in [1.82, 2.24) is 4.90 Å². The largest absolute Gasteiger partial charge is 0.309 e. The molecule has 0 N–H and O–H groups in total. The van der Waals surface area contributed by atoms with E-state index in [0.29, 0.717) is 5.92 Å². The molecule has 0 radical (unpaired) electrons. The zero-order valence-corrected chi connectivity index (χ0v) is 12.3. The molecule has 0 aliphatic heterocycles. The smallest absolute Gasteiger partial charge is 0.00416 e. The number of aryl methyl sites for hydroxylation is 1. The summed E-state index contributed by atoms with van der Waals surface area (Å²) in [4.78, 5) is 2.24. The minimum absolute atomic E-state index is 0. The number of halogens is 1. The van der Waals surface area contributed by atoms with Gasteiger partial charge in [0.1, 0.15) is 0 Å². The Morgan fingerprint density at radius 2 is 2.00 bits per heavy atom. The fourth-order valence-electron chi connectivity index (χ4n) is 2.21. The summed E-state index contributed by atoms with van der Waals surface area (Å²) < 4.78 is 0. The molecule has 0 saturated carbocycles. The van der Waals surface area contributed by atoms with Crippen LogP contribution >= 0.6 is 12.4 Å². The van der Waals surface area contributed by atoms with Crippen molar-refractivity contribution in [2.24, 2.45) is 5.92 Å². The van der Waals surface area contributed by atoms with Crippen molar-refractivity contribution in [3.8, 4) is 0 Å².